The van der Waals surface area contributed by atoms with Gasteiger partial charge in [0.15, 0.2) is 0 Å². The fourth-order valence-corrected chi connectivity index (χ4v) is 3.87. The molecule has 2 rings (SSSR count). The Morgan fingerprint density at radius 2 is 1.86 bits per heavy atom. The average Bonchev–Trinajstić information content (AvgIpc) is 2.52. The fraction of sp³-hybridized carbons (Fsp3) is 0. The second kappa shape index (κ2) is 4.00. The van der Waals surface area contributed by atoms with Crippen LogP contribution in [0.3, 0.4) is 0 Å². The molecule has 0 fully saturated rings. The van der Waals surface area contributed by atoms with E-state index in [0.717, 1.165) is 15.0 Å². The van der Waals surface area contributed by atoms with Crippen LogP contribution in [0.15, 0.2) is 29.2 Å². The first-order valence-electron chi connectivity index (χ1n) is 3.90. The third kappa shape index (κ3) is 1.84. The third-order valence-electron chi connectivity index (χ3n) is 1.81. The molecule has 0 bridgehead atoms. The van der Waals surface area contributed by atoms with E-state index in [1.165, 1.54) is 6.07 Å². The Bertz CT molecular complexity index is 465. The van der Waals surface area contributed by atoms with Gasteiger partial charge in [0, 0.05) is 0 Å². The molecule has 2 aromatic rings. The number of hydrogen-bond donors (Lipinski definition) is 1. The maximum atomic E-state index is 9.20. The average molecular weight is 292 g/mol. The Kier molecular flexibility index (Phi) is 2.89. The second-order valence-corrected chi connectivity index (χ2v) is 5.50. The van der Waals surface area contributed by atoms with Gasteiger partial charge in [-0.05, 0) is 0 Å². The predicted molar refractivity (Wildman–Crippen MR) is 60.5 cm³/mol. The van der Waals surface area contributed by atoms with Crippen LogP contribution in [0.25, 0.3) is 10.0 Å². The minimum atomic E-state index is 0.175. The number of phenolic OH excluding ortho intramolecular Hbond substituents is 1. The molecule has 4 heteroatoms. The molecule has 0 saturated carbocycles. The molecule has 14 heavy (non-hydrogen) atoms. The predicted octanol–water partition coefficient (Wildman–Crippen LogP) is 3.42. The van der Waals surface area contributed by atoms with Gasteiger partial charge >= 0.3 is 97.8 Å². The van der Waals surface area contributed by atoms with Crippen LogP contribution in [0.1, 0.15) is 0 Å². The van der Waals surface area contributed by atoms with E-state index >= 15 is 0 Å². The number of hydrogen-bond acceptors (Lipinski definition) is 1. The van der Waals surface area contributed by atoms with E-state index in [1.807, 2.05) is 11.0 Å². The zero-order chi connectivity index (χ0) is 10.1. The molecule has 0 spiro atoms. The van der Waals surface area contributed by atoms with Crippen molar-refractivity contribution >= 4 is 37.7 Å². The van der Waals surface area contributed by atoms with E-state index in [9.17, 15) is 5.11 Å². The summed E-state index contributed by atoms with van der Waals surface area (Å²) >= 11 is 12.3. The van der Waals surface area contributed by atoms with Crippen molar-refractivity contribution in [1.29, 1.82) is 0 Å². The topological polar surface area (TPSA) is 20.2 Å². The molecule has 1 aromatic heterocycles. The van der Waals surface area contributed by atoms with Gasteiger partial charge in [0.2, 0.25) is 0 Å². The van der Waals surface area contributed by atoms with E-state index in [-0.39, 0.29) is 20.3 Å². The van der Waals surface area contributed by atoms with E-state index in [4.69, 9.17) is 23.2 Å². The van der Waals surface area contributed by atoms with Crippen LogP contribution in [0, 0.1) is 0 Å². The summed E-state index contributed by atoms with van der Waals surface area (Å²) < 4.78 is 1.07. The quantitative estimate of drug-likeness (QED) is 0.798. The number of halogens is 2. The van der Waals surface area contributed by atoms with Crippen molar-refractivity contribution in [1.82, 2.24) is 0 Å². The molecule has 0 amide bonds. The number of aromatic hydroxyl groups is 1. The van der Waals surface area contributed by atoms with Crippen LogP contribution in [0.5, 0.6) is 5.75 Å². The summed E-state index contributed by atoms with van der Waals surface area (Å²) in [6.07, 6.45) is 0. The van der Waals surface area contributed by atoms with Gasteiger partial charge in [-0.3, -0.25) is 0 Å². The molecule has 72 valence electrons. The van der Waals surface area contributed by atoms with Gasteiger partial charge in [0.25, 0.3) is 0 Å². The van der Waals surface area contributed by atoms with Gasteiger partial charge in [0.1, 0.15) is 0 Å². The normalized spacial score (nSPS) is 10.4. The van der Waals surface area contributed by atoms with Crippen LogP contribution in [0.4, 0.5) is 0 Å². The van der Waals surface area contributed by atoms with E-state index in [0.29, 0.717) is 5.02 Å². The second-order valence-electron chi connectivity index (χ2n) is 2.76. The molecule has 0 aliphatic carbocycles. The Morgan fingerprint density at radius 1 is 1.07 bits per heavy atom. The van der Waals surface area contributed by atoms with Crippen molar-refractivity contribution in [2.24, 2.45) is 0 Å². The van der Waals surface area contributed by atoms with Gasteiger partial charge in [-0.2, -0.15) is 0 Å². The maximum absolute atomic E-state index is 9.20. The summed E-state index contributed by atoms with van der Waals surface area (Å²) in [5, 5.41) is 10.5. The molecule has 1 heterocycles. The SMILES string of the molecule is Oc1ccc(-c2[se]ccc2Cl)c(Cl)c1. The molecule has 0 atom stereocenters. The standard InChI is InChI=1S/C10H6Cl2OSe/c11-8-3-4-14-10(8)7-2-1-6(13)5-9(7)12/h1-5,13H. The number of rotatable bonds is 1. The van der Waals surface area contributed by atoms with Crippen molar-refractivity contribution in [3.63, 3.8) is 0 Å². The first kappa shape index (κ1) is 10.1. The molecule has 0 aliphatic heterocycles. The first-order chi connectivity index (χ1) is 6.68. The monoisotopic (exact) mass is 292 g/mol. The summed E-state index contributed by atoms with van der Waals surface area (Å²) in [7, 11) is 0. The fourth-order valence-electron chi connectivity index (χ4n) is 1.17. The third-order valence-corrected chi connectivity index (χ3v) is 4.68. The van der Waals surface area contributed by atoms with Crippen molar-refractivity contribution in [3.8, 4) is 15.8 Å². The van der Waals surface area contributed by atoms with Gasteiger partial charge in [-0.15, -0.1) is 0 Å². The van der Waals surface area contributed by atoms with Gasteiger partial charge in [-0.1, -0.05) is 0 Å². The molecule has 0 aliphatic rings. The Hall–Kier alpha value is -0.401. The summed E-state index contributed by atoms with van der Waals surface area (Å²) in [5.74, 6) is 0.175. The van der Waals surface area contributed by atoms with Crippen molar-refractivity contribution < 1.29 is 5.11 Å². The van der Waals surface area contributed by atoms with E-state index in [2.05, 4.69) is 0 Å². The molecular weight excluding hydrogens is 286 g/mol. The van der Waals surface area contributed by atoms with Crippen molar-refractivity contribution in [2.45, 2.75) is 0 Å². The Labute approximate surface area is 97.6 Å². The van der Waals surface area contributed by atoms with Crippen molar-refractivity contribution in [3.05, 3.63) is 39.3 Å². The van der Waals surface area contributed by atoms with Crippen molar-refractivity contribution in [2.75, 3.05) is 0 Å². The Morgan fingerprint density at radius 3 is 2.43 bits per heavy atom. The van der Waals surface area contributed by atoms with E-state index in [1.54, 1.807) is 12.1 Å². The van der Waals surface area contributed by atoms with Gasteiger partial charge in [-0.25, -0.2) is 0 Å². The van der Waals surface area contributed by atoms with Crippen LogP contribution >= 0.6 is 23.2 Å². The summed E-state index contributed by atoms with van der Waals surface area (Å²) in [6, 6.07) is 6.83. The molecule has 1 N–H and O–H groups in total. The van der Waals surface area contributed by atoms with Crippen LogP contribution in [-0.4, -0.2) is 19.6 Å². The Balaban J connectivity index is 2.58. The molecule has 0 unspecified atom stereocenters. The van der Waals surface area contributed by atoms with Crippen LogP contribution in [0.2, 0.25) is 10.0 Å². The molecular formula is C10H6Cl2OSe. The van der Waals surface area contributed by atoms with Gasteiger partial charge < -0.3 is 0 Å². The zero-order valence-electron chi connectivity index (χ0n) is 7.00. The molecule has 0 radical (unpaired) electrons. The summed E-state index contributed by atoms with van der Waals surface area (Å²) in [6.45, 7) is 0. The molecule has 1 aromatic carbocycles. The summed E-state index contributed by atoms with van der Waals surface area (Å²) in [4.78, 5) is 2.05. The number of phenols is 1. The van der Waals surface area contributed by atoms with Crippen LogP contribution < -0.4 is 0 Å². The van der Waals surface area contributed by atoms with Gasteiger partial charge in [0.05, 0.1) is 0 Å². The zero-order valence-corrected chi connectivity index (χ0v) is 10.2. The van der Waals surface area contributed by atoms with E-state index < -0.39 is 0 Å². The molecule has 1 nitrogen and oxygen atoms in total. The summed E-state index contributed by atoms with van der Waals surface area (Å²) in [5.41, 5.74) is 0.916. The van der Waals surface area contributed by atoms with Crippen LogP contribution in [-0.2, 0) is 0 Å². The first-order valence-corrected chi connectivity index (χ1v) is 6.50. The number of benzene rings is 1. The molecule has 0 saturated heterocycles. The minimum absolute atomic E-state index is 0.175.